The Kier molecular flexibility index (Phi) is 8.11. The fourth-order valence-electron chi connectivity index (χ4n) is 6.64. The molecule has 2 aromatic carbocycles. The van der Waals surface area contributed by atoms with Crippen LogP contribution in [0.2, 0.25) is 0 Å². The molecule has 0 radical (unpaired) electrons. The fraction of sp³-hybridized carbons (Fsp3) is 0.438. The van der Waals surface area contributed by atoms with Gasteiger partial charge in [-0.2, -0.15) is 0 Å². The number of amides is 2. The minimum absolute atomic E-state index is 0.0247. The standard InChI is InChI=1S/C32H39N5O4/c1-3-37(30(39)40)25-15-9-21(10-16-25)17-28(38)34-27-18-26(22-7-5-4-6-8-22)29(36-35-27)23-11-13-24(14-12-23)32(33)19-31(2,41)20-32/h4-8,11-14,18,21,25,41H,3,9-10,15-17,19-20,33H2,1-2H3,(H,39,40)(H,34,35,38). The van der Waals surface area contributed by atoms with E-state index in [9.17, 15) is 19.8 Å². The number of nitrogens with zero attached hydrogens (tertiary/aromatic N) is 3. The molecule has 41 heavy (non-hydrogen) atoms. The molecule has 3 aromatic rings. The predicted octanol–water partition coefficient (Wildman–Crippen LogP) is 5.40. The van der Waals surface area contributed by atoms with Gasteiger partial charge >= 0.3 is 6.09 Å². The van der Waals surface area contributed by atoms with E-state index in [1.807, 2.05) is 67.6 Å². The van der Waals surface area contributed by atoms with Gasteiger partial charge in [0.1, 0.15) is 5.69 Å². The molecule has 0 bridgehead atoms. The van der Waals surface area contributed by atoms with Crippen molar-refractivity contribution in [3.63, 3.8) is 0 Å². The molecule has 216 valence electrons. The first kappa shape index (κ1) is 28.7. The number of aromatic nitrogens is 2. The van der Waals surface area contributed by atoms with Crippen LogP contribution >= 0.6 is 0 Å². The van der Waals surface area contributed by atoms with Crippen LogP contribution in [0.3, 0.4) is 0 Å². The molecule has 1 aromatic heterocycles. The van der Waals surface area contributed by atoms with Gasteiger partial charge in [-0.3, -0.25) is 4.79 Å². The Bertz CT molecular complexity index is 1380. The molecule has 9 nitrogen and oxygen atoms in total. The second-order valence-corrected chi connectivity index (χ2v) is 11.9. The molecule has 0 aliphatic heterocycles. The number of carboxylic acid groups (broad SMARTS) is 1. The summed E-state index contributed by atoms with van der Waals surface area (Å²) in [6.45, 7) is 4.14. The summed E-state index contributed by atoms with van der Waals surface area (Å²) in [7, 11) is 0. The van der Waals surface area contributed by atoms with Gasteiger partial charge < -0.3 is 26.2 Å². The predicted molar refractivity (Wildman–Crippen MR) is 158 cm³/mol. The van der Waals surface area contributed by atoms with Crippen LogP contribution in [0.5, 0.6) is 0 Å². The van der Waals surface area contributed by atoms with Gasteiger partial charge in [0.05, 0.1) is 5.60 Å². The monoisotopic (exact) mass is 557 g/mol. The van der Waals surface area contributed by atoms with Gasteiger partial charge in [0, 0.05) is 35.7 Å². The molecule has 2 aliphatic rings. The number of rotatable bonds is 8. The maximum absolute atomic E-state index is 13.0. The zero-order valence-corrected chi connectivity index (χ0v) is 23.7. The molecule has 1 heterocycles. The first-order chi connectivity index (χ1) is 19.6. The van der Waals surface area contributed by atoms with Crippen molar-refractivity contribution in [2.24, 2.45) is 11.7 Å². The fourth-order valence-corrected chi connectivity index (χ4v) is 6.64. The number of nitrogens with two attached hydrogens (primary N) is 1. The number of hydrogen-bond acceptors (Lipinski definition) is 6. The van der Waals surface area contributed by atoms with Crippen molar-refractivity contribution >= 4 is 17.8 Å². The third-order valence-electron chi connectivity index (χ3n) is 8.59. The van der Waals surface area contributed by atoms with Crippen molar-refractivity contribution in [2.45, 2.75) is 76.0 Å². The van der Waals surface area contributed by atoms with Gasteiger partial charge in [-0.15, -0.1) is 10.2 Å². The van der Waals surface area contributed by atoms with Crippen molar-refractivity contribution in [3.8, 4) is 22.4 Å². The molecule has 2 amide bonds. The zero-order valence-electron chi connectivity index (χ0n) is 23.7. The molecular formula is C32H39N5O4. The van der Waals surface area contributed by atoms with E-state index in [1.54, 1.807) is 6.92 Å². The number of hydrogen-bond donors (Lipinski definition) is 4. The molecular weight excluding hydrogens is 518 g/mol. The number of anilines is 1. The van der Waals surface area contributed by atoms with Crippen LogP contribution in [0, 0.1) is 5.92 Å². The first-order valence-electron chi connectivity index (χ1n) is 14.4. The highest BCUT2D eigenvalue weighted by atomic mass is 16.4. The molecule has 2 fully saturated rings. The summed E-state index contributed by atoms with van der Waals surface area (Å²) in [6.07, 6.45) is 3.71. The summed E-state index contributed by atoms with van der Waals surface area (Å²) in [6, 6.07) is 19.7. The van der Waals surface area contributed by atoms with Crippen LogP contribution in [0.1, 0.15) is 64.4 Å². The van der Waals surface area contributed by atoms with Gasteiger partial charge in [-0.05, 0) is 75.5 Å². The van der Waals surface area contributed by atoms with E-state index in [0.29, 0.717) is 37.3 Å². The lowest BCUT2D eigenvalue weighted by Crippen LogP contribution is -2.58. The zero-order chi connectivity index (χ0) is 29.2. The van der Waals surface area contributed by atoms with Crippen LogP contribution < -0.4 is 11.1 Å². The molecule has 0 spiro atoms. The van der Waals surface area contributed by atoms with E-state index in [1.165, 1.54) is 4.90 Å². The Balaban J connectivity index is 1.29. The van der Waals surface area contributed by atoms with Crippen molar-refractivity contribution in [2.75, 3.05) is 11.9 Å². The van der Waals surface area contributed by atoms with Crippen LogP contribution in [0.25, 0.3) is 22.4 Å². The van der Waals surface area contributed by atoms with E-state index < -0.39 is 17.2 Å². The average molecular weight is 558 g/mol. The van der Waals surface area contributed by atoms with E-state index in [2.05, 4.69) is 15.5 Å². The Hall–Kier alpha value is -3.82. The Morgan fingerprint density at radius 3 is 2.24 bits per heavy atom. The lowest BCUT2D eigenvalue weighted by molar-refractivity contribution is -0.117. The number of aliphatic hydroxyl groups is 1. The summed E-state index contributed by atoms with van der Waals surface area (Å²) in [5.41, 5.74) is 9.64. The maximum atomic E-state index is 13.0. The van der Waals surface area contributed by atoms with Crippen LogP contribution in [-0.4, -0.2) is 55.5 Å². The Morgan fingerprint density at radius 1 is 1.00 bits per heavy atom. The lowest BCUT2D eigenvalue weighted by atomic mass is 9.63. The normalized spacial score (nSPS) is 25.7. The number of carbonyl (C=O) groups is 2. The minimum Gasteiger partial charge on any atom is -0.465 e. The number of nitrogens with one attached hydrogen (secondary N) is 1. The van der Waals surface area contributed by atoms with Crippen molar-refractivity contribution in [3.05, 3.63) is 66.2 Å². The summed E-state index contributed by atoms with van der Waals surface area (Å²) >= 11 is 0. The van der Waals surface area contributed by atoms with Gasteiger partial charge in [0.15, 0.2) is 5.82 Å². The largest absolute Gasteiger partial charge is 0.465 e. The third kappa shape index (κ3) is 6.41. The molecule has 0 saturated heterocycles. The summed E-state index contributed by atoms with van der Waals surface area (Å²) in [5, 5.41) is 31.4. The third-order valence-corrected chi connectivity index (χ3v) is 8.59. The molecule has 2 aliphatic carbocycles. The maximum Gasteiger partial charge on any atom is 0.407 e. The Morgan fingerprint density at radius 2 is 1.66 bits per heavy atom. The van der Waals surface area contributed by atoms with Gasteiger partial charge in [-0.1, -0.05) is 54.6 Å². The highest BCUT2D eigenvalue weighted by molar-refractivity contribution is 5.91. The number of benzene rings is 2. The SMILES string of the molecule is CCN(C(=O)O)C1CCC(CC(=O)Nc2cc(-c3ccccc3)c(-c3ccc(C4(N)CC(C)(O)C4)cc3)nn2)CC1. The molecule has 9 heteroatoms. The van der Waals surface area contributed by atoms with Gasteiger partial charge in [0.25, 0.3) is 0 Å². The van der Waals surface area contributed by atoms with E-state index in [-0.39, 0.29) is 17.9 Å². The smallest absolute Gasteiger partial charge is 0.407 e. The van der Waals surface area contributed by atoms with Gasteiger partial charge in [0.2, 0.25) is 5.91 Å². The number of carbonyl (C=O) groups excluding carboxylic acids is 1. The molecule has 0 atom stereocenters. The highest BCUT2D eigenvalue weighted by Gasteiger charge is 2.49. The average Bonchev–Trinajstić information content (AvgIpc) is 2.93. The first-order valence-corrected chi connectivity index (χ1v) is 14.4. The lowest BCUT2D eigenvalue weighted by Gasteiger charge is -2.49. The molecule has 5 rings (SSSR count). The van der Waals surface area contributed by atoms with Crippen molar-refractivity contribution in [1.29, 1.82) is 0 Å². The van der Waals surface area contributed by atoms with E-state index in [0.717, 1.165) is 47.9 Å². The van der Waals surface area contributed by atoms with Crippen LogP contribution in [0.15, 0.2) is 60.7 Å². The molecule has 2 saturated carbocycles. The highest BCUT2D eigenvalue weighted by Crippen LogP contribution is 2.46. The minimum atomic E-state index is -0.878. The molecule has 5 N–H and O–H groups in total. The topological polar surface area (TPSA) is 142 Å². The Labute approximate surface area is 240 Å². The quantitative estimate of drug-likeness (QED) is 0.291. The van der Waals surface area contributed by atoms with E-state index in [4.69, 9.17) is 5.73 Å². The second-order valence-electron chi connectivity index (χ2n) is 11.9. The van der Waals surface area contributed by atoms with Crippen LogP contribution in [-0.2, 0) is 10.3 Å². The van der Waals surface area contributed by atoms with Crippen molar-refractivity contribution in [1.82, 2.24) is 15.1 Å². The van der Waals surface area contributed by atoms with E-state index >= 15 is 0 Å². The summed E-state index contributed by atoms with van der Waals surface area (Å²) < 4.78 is 0. The summed E-state index contributed by atoms with van der Waals surface area (Å²) in [5.74, 6) is 0.487. The van der Waals surface area contributed by atoms with Crippen LogP contribution in [0.4, 0.5) is 10.6 Å². The van der Waals surface area contributed by atoms with Crippen molar-refractivity contribution < 1.29 is 19.8 Å². The van der Waals surface area contributed by atoms with Gasteiger partial charge in [-0.25, -0.2) is 4.79 Å². The molecule has 0 unspecified atom stereocenters. The summed E-state index contributed by atoms with van der Waals surface area (Å²) in [4.78, 5) is 25.9. The second kappa shape index (κ2) is 11.6.